The lowest BCUT2D eigenvalue weighted by atomic mass is 10.1. The smallest absolute Gasteiger partial charge is 0.256 e. The fourth-order valence-corrected chi connectivity index (χ4v) is 3.89. The maximum atomic E-state index is 13.2. The van der Waals surface area contributed by atoms with Gasteiger partial charge in [0.05, 0.1) is 24.8 Å². The minimum absolute atomic E-state index is 0.104. The van der Waals surface area contributed by atoms with E-state index >= 15 is 0 Å². The number of para-hydroxylation sites is 1. The van der Waals surface area contributed by atoms with Gasteiger partial charge in [0.2, 0.25) is 0 Å². The second kappa shape index (κ2) is 9.72. The monoisotopic (exact) mass is 435 g/mol. The lowest BCUT2D eigenvalue weighted by Gasteiger charge is -2.36. The van der Waals surface area contributed by atoms with Crippen molar-refractivity contribution < 1.29 is 14.3 Å². The largest absolute Gasteiger partial charge is 0.493 e. The molecule has 0 saturated carbocycles. The second-order valence-electron chi connectivity index (χ2n) is 7.79. The number of nitrogens with two attached hydrogens (primary N) is 1. The van der Waals surface area contributed by atoms with Crippen molar-refractivity contribution in [3.05, 3.63) is 48.3 Å². The van der Waals surface area contributed by atoms with E-state index in [-0.39, 0.29) is 5.91 Å². The van der Waals surface area contributed by atoms with Crippen LogP contribution in [0.5, 0.6) is 11.5 Å². The van der Waals surface area contributed by atoms with Crippen molar-refractivity contribution in [2.45, 2.75) is 19.8 Å². The Bertz CT molecular complexity index is 1090. The molecular formula is C24H29N5O3. The van der Waals surface area contributed by atoms with Crippen LogP contribution in [-0.2, 0) is 0 Å². The van der Waals surface area contributed by atoms with E-state index in [0.717, 1.165) is 29.6 Å². The van der Waals surface area contributed by atoms with Gasteiger partial charge in [0.1, 0.15) is 12.1 Å². The van der Waals surface area contributed by atoms with Gasteiger partial charge in [-0.25, -0.2) is 9.97 Å². The fourth-order valence-electron chi connectivity index (χ4n) is 3.89. The van der Waals surface area contributed by atoms with Crippen molar-refractivity contribution >= 4 is 28.3 Å². The van der Waals surface area contributed by atoms with Crippen LogP contribution in [0.3, 0.4) is 0 Å². The van der Waals surface area contributed by atoms with E-state index in [1.807, 2.05) is 29.2 Å². The Hall–Kier alpha value is -3.55. The van der Waals surface area contributed by atoms with Crippen LogP contribution >= 0.6 is 0 Å². The van der Waals surface area contributed by atoms with E-state index in [1.54, 1.807) is 25.6 Å². The third kappa shape index (κ3) is 4.39. The number of unbranched alkanes of at least 4 members (excludes halogenated alkanes) is 1. The average Bonchev–Trinajstić information content (AvgIpc) is 2.84. The number of nitrogens with zero attached hydrogens (tertiary/aromatic N) is 4. The lowest BCUT2D eigenvalue weighted by molar-refractivity contribution is 0.0747. The van der Waals surface area contributed by atoms with Gasteiger partial charge in [0, 0.05) is 43.3 Å². The van der Waals surface area contributed by atoms with Crippen molar-refractivity contribution in [3.8, 4) is 11.5 Å². The second-order valence-corrected chi connectivity index (χ2v) is 7.79. The summed E-state index contributed by atoms with van der Waals surface area (Å²) in [5.74, 6) is 1.88. The maximum absolute atomic E-state index is 13.2. The number of benzene rings is 2. The molecule has 8 nitrogen and oxygen atoms in total. The van der Waals surface area contributed by atoms with Crippen molar-refractivity contribution in [2.24, 2.45) is 0 Å². The molecular weight excluding hydrogens is 406 g/mol. The van der Waals surface area contributed by atoms with E-state index in [0.29, 0.717) is 55.5 Å². The van der Waals surface area contributed by atoms with Gasteiger partial charge in [-0.2, -0.15) is 0 Å². The number of rotatable bonds is 7. The Kier molecular flexibility index (Phi) is 6.58. The minimum atomic E-state index is -0.104. The van der Waals surface area contributed by atoms with Crippen LogP contribution in [0.2, 0.25) is 0 Å². The quantitative estimate of drug-likeness (QED) is 0.449. The molecule has 0 spiro atoms. The van der Waals surface area contributed by atoms with E-state index in [2.05, 4.69) is 21.8 Å². The van der Waals surface area contributed by atoms with Gasteiger partial charge in [0.25, 0.3) is 5.91 Å². The van der Waals surface area contributed by atoms with Crippen molar-refractivity contribution in [2.75, 3.05) is 50.5 Å². The van der Waals surface area contributed by atoms with Crippen molar-refractivity contribution in [1.29, 1.82) is 0 Å². The van der Waals surface area contributed by atoms with E-state index < -0.39 is 0 Å². The summed E-state index contributed by atoms with van der Waals surface area (Å²) in [4.78, 5) is 26.1. The molecule has 0 aliphatic carbocycles. The number of hydrogen-bond acceptors (Lipinski definition) is 7. The van der Waals surface area contributed by atoms with Gasteiger partial charge in [0.15, 0.2) is 11.5 Å². The maximum Gasteiger partial charge on any atom is 0.256 e. The zero-order valence-corrected chi connectivity index (χ0v) is 18.6. The normalized spacial score (nSPS) is 13.9. The molecule has 168 valence electrons. The summed E-state index contributed by atoms with van der Waals surface area (Å²) in [5.41, 5.74) is 7.97. The van der Waals surface area contributed by atoms with Crippen molar-refractivity contribution in [3.63, 3.8) is 0 Å². The number of fused-ring (bicyclic) bond motifs is 1. The molecule has 1 aliphatic rings. The van der Waals surface area contributed by atoms with Crippen molar-refractivity contribution in [1.82, 2.24) is 14.9 Å². The van der Waals surface area contributed by atoms with Crippen LogP contribution in [0.4, 0.5) is 11.5 Å². The lowest BCUT2D eigenvalue weighted by Crippen LogP contribution is -2.49. The molecule has 2 N–H and O–H groups in total. The first-order valence-corrected chi connectivity index (χ1v) is 11.0. The first-order valence-electron chi connectivity index (χ1n) is 11.0. The molecule has 8 heteroatoms. The van der Waals surface area contributed by atoms with Gasteiger partial charge in [-0.15, -0.1) is 0 Å². The molecule has 2 heterocycles. The number of ether oxygens (including phenoxy) is 2. The van der Waals surface area contributed by atoms with Crippen LogP contribution < -0.4 is 20.1 Å². The number of anilines is 2. The van der Waals surface area contributed by atoms with E-state index in [4.69, 9.17) is 15.2 Å². The van der Waals surface area contributed by atoms with Gasteiger partial charge < -0.3 is 25.0 Å². The molecule has 0 radical (unpaired) electrons. The fraction of sp³-hybridized carbons (Fsp3) is 0.375. The zero-order chi connectivity index (χ0) is 22.5. The van der Waals surface area contributed by atoms with Crippen LogP contribution in [0.15, 0.2) is 42.7 Å². The van der Waals surface area contributed by atoms with Gasteiger partial charge in [-0.05, 0) is 24.6 Å². The summed E-state index contributed by atoms with van der Waals surface area (Å²) >= 11 is 0. The Balaban J connectivity index is 1.47. The van der Waals surface area contributed by atoms with E-state index in [9.17, 15) is 4.79 Å². The minimum Gasteiger partial charge on any atom is -0.493 e. The van der Waals surface area contributed by atoms with Crippen LogP contribution in [0.1, 0.15) is 30.1 Å². The van der Waals surface area contributed by atoms with Crippen LogP contribution in [0.25, 0.3) is 10.9 Å². The molecule has 4 rings (SSSR count). The van der Waals surface area contributed by atoms with Crippen LogP contribution in [-0.4, -0.2) is 60.7 Å². The molecule has 1 saturated heterocycles. The first-order chi connectivity index (χ1) is 15.6. The molecule has 1 aliphatic heterocycles. The van der Waals surface area contributed by atoms with E-state index in [1.165, 1.54) is 0 Å². The number of carbonyl (C=O) groups is 1. The molecule has 0 bridgehead atoms. The Morgan fingerprint density at radius 2 is 1.88 bits per heavy atom. The topological polar surface area (TPSA) is 93.8 Å². The number of hydrogen-bond donors (Lipinski definition) is 1. The Labute approximate surface area is 188 Å². The summed E-state index contributed by atoms with van der Waals surface area (Å²) in [6, 6.07) is 11.3. The molecule has 1 amide bonds. The molecule has 1 aromatic heterocycles. The predicted molar refractivity (Wildman–Crippen MR) is 125 cm³/mol. The molecule has 32 heavy (non-hydrogen) atoms. The summed E-state index contributed by atoms with van der Waals surface area (Å²) in [6.07, 6.45) is 3.56. The number of amides is 1. The molecule has 1 fully saturated rings. The Morgan fingerprint density at radius 1 is 1.09 bits per heavy atom. The SMILES string of the molecule is CCCCOc1cc(N)c(C(=O)N2CCN(c3ncnc4ccccc34)CC2)cc1OC. The molecule has 2 aromatic carbocycles. The van der Waals surface area contributed by atoms with Gasteiger partial charge in [-0.3, -0.25) is 4.79 Å². The molecule has 0 unspecified atom stereocenters. The summed E-state index contributed by atoms with van der Waals surface area (Å²) in [5, 5.41) is 1.02. The highest BCUT2D eigenvalue weighted by Crippen LogP contribution is 2.33. The third-order valence-electron chi connectivity index (χ3n) is 5.71. The predicted octanol–water partition coefficient (Wildman–Crippen LogP) is 3.36. The number of aromatic nitrogens is 2. The standard InChI is InChI=1S/C24H29N5O3/c1-3-4-13-32-22-15-19(25)18(14-21(22)31-2)24(30)29-11-9-28(10-12-29)23-17-7-5-6-8-20(17)26-16-27-23/h5-8,14-16H,3-4,9-13,25H2,1-2H3. The van der Waals surface area contributed by atoms with Gasteiger partial charge >= 0.3 is 0 Å². The number of nitrogen functional groups attached to an aromatic ring is 1. The summed E-state index contributed by atoms with van der Waals surface area (Å²) in [7, 11) is 1.57. The highest BCUT2D eigenvalue weighted by Gasteiger charge is 2.26. The average molecular weight is 436 g/mol. The highest BCUT2D eigenvalue weighted by molar-refractivity contribution is 6.00. The number of carbonyl (C=O) groups excluding carboxylic acids is 1. The third-order valence-corrected chi connectivity index (χ3v) is 5.71. The Morgan fingerprint density at radius 3 is 2.62 bits per heavy atom. The van der Waals surface area contributed by atoms with Crippen LogP contribution in [0, 0.1) is 0 Å². The number of piperazine rings is 1. The summed E-state index contributed by atoms with van der Waals surface area (Å²) in [6.45, 7) is 5.20. The number of methoxy groups -OCH3 is 1. The zero-order valence-electron chi connectivity index (χ0n) is 18.6. The van der Waals surface area contributed by atoms with Gasteiger partial charge in [-0.1, -0.05) is 25.5 Å². The molecule has 0 atom stereocenters. The molecule has 3 aromatic rings. The summed E-state index contributed by atoms with van der Waals surface area (Å²) < 4.78 is 11.2. The first kappa shape index (κ1) is 21.7. The highest BCUT2D eigenvalue weighted by atomic mass is 16.5.